The number of hydrogen-bond donors (Lipinski definition) is 0. The molecule has 0 saturated carbocycles. The fraction of sp³-hybridized carbons (Fsp3) is 0.471. The van der Waals surface area contributed by atoms with Crippen LogP contribution in [0, 0.1) is 0 Å². The second-order valence-electron chi connectivity index (χ2n) is 4.95. The molecule has 1 amide bonds. The van der Waals surface area contributed by atoms with Crippen molar-refractivity contribution in [1.29, 1.82) is 0 Å². The summed E-state index contributed by atoms with van der Waals surface area (Å²) in [6, 6.07) is 7.41. The van der Waals surface area contributed by atoms with E-state index < -0.39 is 0 Å². The topological polar surface area (TPSA) is 38.8 Å². The zero-order valence-electron chi connectivity index (χ0n) is 13.2. The molecule has 116 valence electrons. The summed E-state index contributed by atoms with van der Waals surface area (Å²) in [5, 5.41) is 0. The number of amides is 1. The summed E-state index contributed by atoms with van der Waals surface area (Å²) in [6.45, 7) is 11.6. The third-order valence-electron chi connectivity index (χ3n) is 2.86. The Morgan fingerprint density at radius 1 is 1.19 bits per heavy atom. The van der Waals surface area contributed by atoms with Crippen molar-refractivity contribution >= 4 is 5.91 Å². The van der Waals surface area contributed by atoms with Crippen molar-refractivity contribution < 1.29 is 14.3 Å². The van der Waals surface area contributed by atoms with Gasteiger partial charge in [0.25, 0.3) is 5.91 Å². The summed E-state index contributed by atoms with van der Waals surface area (Å²) in [7, 11) is 0. The van der Waals surface area contributed by atoms with Gasteiger partial charge in [0.1, 0.15) is 0 Å². The zero-order valence-corrected chi connectivity index (χ0v) is 13.2. The van der Waals surface area contributed by atoms with Gasteiger partial charge >= 0.3 is 0 Å². The van der Waals surface area contributed by atoms with E-state index in [2.05, 4.69) is 6.58 Å². The molecule has 0 aromatic heterocycles. The number of rotatable bonds is 9. The van der Waals surface area contributed by atoms with E-state index in [0.717, 1.165) is 12.0 Å². The van der Waals surface area contributed by atoms with E-state index in [-0.39, 0.29) is 12.5 Å². The maximum atomic E-state index is 12.1. The highest BCUT2D eigenvalue weighted by Crippen LogP contribution is 2.26. The Hall–Kier alpha value is -1.97. The van der Waals surface area contributed by atoms with E-state index in [0.29, 0.717) is 31.2 Å². The number of carbonyl (C=O) groups is 1. The van der Waals surface area contributed by atoms with Crippen LogP contribution in [0.4, 0.5) is 0 Å². The molecule has 0 aliphatic rings. The lowest BCUT2D eigenvalue weighted by Gasteiger charge is -2.21. The highest BCUT2D eigenvalue weighted by molar-refractivity contribution is 5.78. The molecule has 4 nitrogen and oxygen atoms in total. The van der Waals surface area contributed by atoms with Crippen LogP contribution < -0.4 is 9.47 Å². The van der Waals surface area contributed by atoms with E-state index in [1.165, 1.54) is 0 Å². The van der Waals surface area contributed by atoms with Crippen molar-refractivity contribution in [1.82, 2.24) is 4.90 Å². The van der Waals surface area contributed by atoms with Crippen LogP contribution >= 0.6 is 0 Å². The predicted molar refractivity (Wildman–Crippen MR) is 84.8 cm³/mol. The molecular weight excluding hydrogens is 266 g/mol. The lowest BCUT2D eigenvalue weighted by Crippen LogP contribution is -2.35. The summed E-state index contributed by atoms with van der Waals surface area (Å²) in [6.07, 6.45) is 0.926. The minimum atomic E-state index is -0.0502. The average molecular weight is 291 g/mol. The standard InChI is InChI=1S/C17H25NO3/c1-5-11-20-15-9-7-8-10-16(15)21-13-17(19)18(6-2)12-14(3)4/h7-10H,3,5-6,11-13H2,1-2,4H3. The number of nitrogens with zero attached hydrogens (tertiary/aromatic N) is 1. The van der Waals surface area contributed by atoms with Crippen LogP contribution in [0.1, 0.15) is 27.2 Å². The third kappa shape index (κ3) is 5.90. The molecular formula is C17H25NO3. The van der Waals surface area contributed by atoms with Crippen molar-refractivity contribution in [3.05, 3.63) is 36.4 Å². The Balaban J connectivity index is 2.61. The highest BCUT2D eigenvalue weighted by atomic mass is 16.5. The van der Waals surface area contributed by atoms with E-state index in [4.69, 9.17) is 9.47 Å². The van der Waals surface area contributed by atoms with Crippen molar-refractivity contribution in [3.63, 3.8) is 0 Å². The van der Waals surface area contributed by atoms with Gasteiger partial charge in [0.05, 0.1) is 6.61 Å². The van der Waals surface area contributed by atoms with Crippen LogP contribution in [0.5, 0.6) is 11.5 Å². The summed E-state index contributed by atoms with van der Waals surface area (Å²) >= 11 is 0. The first-order valence-corrected chi connectivity index (χ1v) is 7.35. The molecule has 0 radical (unpaired) electrons. The molecule has 1 aromatic rings. The normalized spacial score (nSPS) is 10.0. The summed E-state index contributed by atoms with van der Waals surface area (Å²) in [4.78, 5) is 13.8. The van der Waals surface area contributed by atoms with Gasteiger partial charge in [-0.15, -0.1) is 0 Å². The first-order valence-electron chi connectivity index (χ1n) is 7.35. The fourth-order valence-corrected chi connectivity index (χ4v) is 1.83. The number of para-hydroxylation sites is 2. The lowest BCUT2D eigenvalue weighted by atomic mass is 10.3. The average Bonchev–Trinajstić information content (AvgIpc) is 2.48. The molecule has 1 rings (SSSR count). The fourth-order valence-electron chi connectivity index (χ4n) is 1.83. The van der Waals surface area contributed by atoms with Crippen molar-refractivity contribution in [2.75, 3.05) is 26.3 Å². The molecule has 1 aromatic carbocycles. The predicted octanol–water partition coefficient (Wildman–Crippen LogP) is 3.28. The van der Waals surface area contributed by atoms with Crippen LogP contribution in [-0.2, 0) is 4.79 Å². The van der Waals surface area contributed by atoms with Gasteiger partial charge in [-0.3, -0.25) is 4.79 Å². The maximum absolute atomic E-state index is 12.1. The Kier molecular flexibility index (Phi) is 7.37. The molecule has 0 bridgehead atoms. The van der Waals surface area contributed by atoms with Gasteiger partial charge in [0.15, 0.2) is 18.1 Å². The van der Waals surface area contributed by atoms with Gasteiger partial charge in [-0.1, -0.05) is 31.2 Å². The molecule has 0 atom stereocenters. The molecule has 0 N–H and O–H groups in total. The van der Waals surface area contributed by atoms with Gasteiger partial charge in [-0.2, -0.15) is 0 Å². The lowest BCUT2D eigenvalue weighted by molar-refractivity contribution is -0.132. The van der Waals surface area contributed by atoms with Gasteiger partial charge < -0.3 is 14.4 Å². The highest BCUT2D eigenvalue weighted by Gasteiger charge is 2.13. The van der Waals surface area contributed by atoms with Crippen LogP contribution in [0.2, 0.25) is 0 Å². The molecule has 0 unspecified atom stereocenters. The van der Waals surface area contributed by atoms with Crippen molar-refractivity contribution in [3.8, 4) is 11.5 Å². The summed E-state index contributed by atoms with van der Waals surface area (Å²) in [5.74, 6) is 1.23. The van der Waals surface area contributed by atoms with Crippen LogP contribution in [0.25, 0.3) is 0 Å². The number of ether oxygens (including phenoxy) is 2. The maximum Gasteiger partial charge on any atom is 0.260 e. The number of hydrogen-bond acceptors (Lipinski definition) is 3. The number of benzene rings is 1. The Morgan fingerprint density at radius 2 is 1.81 bits per heavy atom. The summed E-state index contributed by atoms with van der Waals surface area (Å²) < 4.78 is 11.2. The van der Waals surface area contributed by atoms with E-state index in [1.807, 2.05) is 45.0 Å². The Labute approximate surface area is 127 Å². The van der Waals surface area contributed by atoms with E-state index in [9.17, 15) is 4.79 Å². The smallest absolute Gasteiger partial charge is 0.260 e. The second kappa shape index (κ2) is 9.06. The Bertz CT molecular complexity index is 471. The third-order valence-corrected chi connectivity index (χ3v) is 2.86. The second-order valence-corrected chi connectivity index (χ2v) is 4.95. The van der Waals surface area contributed by atoms with Crippen LogP contribution in [0.15, 0.2) is 36.4 Å². The summed E-state index contributed by atoms with van der Waals surface area (Å²) in [5.41, 5.74) is 0.955. The minimum Gasteiger partial charge on any atom is -0.490 e. The molecule has 0 fully saturated rings. The molecule has 0 aliphatic carbocycles. The number of likely N-dealkylation sites (N-methyl/N-ethyl adjacent to an activating group) is 1. The largest absolute Gasteiger partial charge is 0.490 e. The molecule has 4 heteroatoms. The van der Waals surface area contributed by atoms with Crippen molar-refractivity contribution in [2.45, 2.75) is 27.2 Å². The molecule has 0 aliphatic heterocycles. The van der Waals surface area contributed by atoms with Gasteiger partial charge in [-0.05, 0) is 32.4 Å². The van der Waals surface area contributed by atoms with Crippen LogP contribution in [0.3, 0.4) is 0 Å². The molecule has 0 saturated heterocycles. The first kappa shape index (κ1) is 17.1. The van der Waals surface area contributed by atoms with Gasteiger partial charge in [-0.25, -0.2) is 0 Å². The SMILES string of the molecule is C=C(C)CN(CC)C(=O)COc1ccccc1OCCC. The monoisotopic (exact) mass is 291 g/mol. The minimum absolute atomic E-state index is 0.00756. The van der Waals surface area contributed by atoms with E-state index >= 15 is 0 Å². The zero-order chi connectivity index (χ0) is 15.7. The Morgan fingerprint density at radius 3 is 2.33 bits per heavy atom. The van der Waals surface area contributed by atoms with Crippen molar-refractivity contribution in [2.24, 2.45) is 0 Å². The first-order chi connectivity index (χ1) is 10.1. The molecule has 0 heterocycles. The van der Waals surface area contributed by atoms with Gasteiger partial charge in [0.2, 0.25) is 0 Å². The van der Waals surface area contributed by atoms with Gasteiger partial charge in [0, 0.05) is 13.1 Å². The molecule has 21 heavy (non-hydrogen) atoms. The van der Waals surface area contributed by atoms with Crippen LogP contribution in [-0.4, -0.2) is 37.1 Å². The van der Waals surface area contributed by atoms with E-state index in [1.54, 1.807) is 4.90 Å². The number of carbonyl (C=O) groups excluding carboxylic acids is 1. The quantitative estimate of drug-likeness (QED) is 0.655. The molecule has 0 spiro atoms.